The molecule has 0 bridgehead atoms. The lowest BCUT2D eigenvalue weighted by Gasteiger charge is -2.30. The molecule has 0 aromatic heterocycles. The molecular formula is C15H23N3O3S. The van der Waals surface area contributed by atoms with Crippen molar-refractivity contribution in [2.45, 2.75) is 38.8 Å². The van der Waals surface area contributed by atoms with Gasteiger partial charge in [0.2, 0.25) is 10.0 Å². The van der Waals surface area contributed by atoms with E-state index in [1.54, 1.807) is 31.2 Å². The summed E-state index contributed by atoms with van der Waals surface area (Å²) in [7, 11) is -3.41. The highest BCUT2D eigenvalue weighted by Crippen LogP contribution is 2.18. The van der Waals surface area contributed by atoms with Crippen LogP contribution in [0.3, 0.4) is 0 Å². The van der Waals surface area contributed by atoms with E-state index in [-0.39, 0.29) is 23.7 Å². The molecule has 1 saturated heterocycles. The highest BCUT2D eigenvalue weighted by atomic mass is 32.2. The van der Waals surface area contributed by atoms with Gasteiger partial charge in [0, 0.05) is 12.1 Å². The molecule has 0 radical (unpaired) electrons. The average molecular weight is 325 g/mol. The topological polar surface area (TPSA) is 87.3 Å². The first-order valence-electron chi connectivity index (χ1n) is 7.56. The van der Waals surface area contributed by atoms with Gasteiger partial charge in [-0.25, -0.2) is 8.42 Å². The average Bonchev–Trinajstić information content (AvgIpc) is 2.50. The molecule has 7 heteroatoms. The molecule has 2 unspecified atom stereocenters. The monoisotopic (exact) mass is 325 g/mol. The van der Waals surface area contributed by atoms with Gasteiger partial charge in [0.1, 0.15) is 0 Å². The first-order chi connectivity index (χ1) is 10.4. The first kappa shape index (κ1) is 16.8. The second-order valence-electron chi connectivity index (χ2n) is 5.52. The van der Waals surface area contributed by atoms with E-state index >= 15 is 0 Å². The summed E-state index contributed by atoms with van der Waals surface area (Å²) in [6.07, 6.45) is 1.93. The van der Waals surface area contributed by atoms with Crippen molar-refractivity contribution in [3.63, 3.8) is 0 Å². The van der Waals surface area contributed by atoms with Crippen molar-refractivity contribution in [3.05, 3.63) is 29.8 Å². The van der Waals surface area contributed by atoms with E-state index in [2.05, 4.69) is 15.4 Å². The predicted molar refractivity (Wildman–Crippen MR) is 87.5 cm³/mol. The summed E-state index contributed by atoms with van der Waals surface area (Å²) in [5.41, 5.74) is 0.663. The third-order valence-electron chi connectivity index (χ3n) is 3.90. The van der Waals surface area contributed by atoms with Crippen LogP contribution in [-0.4, -0.2) is 38.7 Å². The van der Waals surface area contributed by atoms with Crippen LogP contribution >= 0.6 is 0 Å². The number of carbonyl (C=O) groups excluding carboxylic acids is 1. The van der Waals surface area contributed by atoms with E-state index in [4.69, 9.17) is 0 Å². The SMILES string of the molecule is CCS(=O)(=O)Nc1ccccc1C(=O)NC1CCCNC1C. The number of amides is 1. The maximum Gasteiger partial charge on any atom is 0.253 e. The van der Waals surface area contributed by atoms with Crippen LogP contribution in [0.5, 0.6) is 0 Å². The molecule has 2 rings (SSSR count). The fraction of sp³-hybridized carbons (Fsp3) is 0.533. The summed E-state index contributed by atoms with van der Waals surface area (Å²) in [5, 5.41) is 6.32. The largest absolute Gasteiger partial charge is 0.348 e. The number of sulfonamides is 1. The van der Waals surface area contributed by atoms with Gasteiger partial charge in [-0.2, -0.15) is 0 Å². The Hall–Kier alpha value is -1.60. The van der Waals surface area contributed by atoms with Gasteiger partial charge in [-0.05, 0) is 45.4 Å². The van der Waals surface area contributed by atoms with Crippen molar-refractivity contribution >= 4 is 21.6 Å². The van der Waals surface area contributed by atoms with Crippen LogP contribution in [0.1, 0.15) is 37.0 Å². The highest BCUT2D eigenvalue weighted by Gasteiger charge is 2.24. The van der Waals surface area contributed by atoms with Crippen LogP contribution < -0.4 is 15.4 Å². The number of hydrogen-bond acceptors (Lipinski definition) is 4. The molecule has 1 heterocycles. The standard InChI is InChI=1S/C15H23N3O3S/c1-3-22(20,21)18-14-8-5-4-7-12(14)15(19)17-13-9-6-10-16-11(13)2/h4-5,7-8,11,13,16,18H,3,6,9-10H2,1-2H3,(H,17,19). The molecule has 0 aliphatic carbocycles. The summed E-state index contributed by atoms with van der Waals surface area (Å²) in [6, 6.07) is 6.92. The Bertz CT molecular complexity index is 631. The van der Waals surface area contributed by atoms with Crippen molar-refractivity contribution < 1.29 is 13.2 Å². The van der Waals surface area contributed by atoms with Crippen LogP contribution in [0.2, 0.25) is 0 Å². The molecule has 6 nitrogen and oxygen atoms in total. The second-order valence-corrected chi connectivity index (χ2v) is 7.53. The summed E-state index contributed by atoms with van der Waals surface area (Å²) in [5.74, 6) is -0.290. The Morgan fingerprint density at radius 3 is 2.77 bits per heavy atom. The van der Waals surface area contributed by atoms with Crippen LogP contribution in [-0.2, 0) is 10.0 Å². The first-order valence-corrected chi connectivity index (χ1v) is 9.22. The lowest BCUT2D eigenvalue weighted by atomic mass is 9.99. The number of carbonyl (C=O) groups is 1. The minimum Gasteiger partial charge on any atom is -0.348 e. The predicted octanol–water partition coefficient (Wildman–Crippen LogP) is 1.32. The molecule has 22 heavy (non-hydrogen) atoms. The number of piperidine rings is 1. The molecule has 1 fully saturated rings. The van der Waals surface area contributed by atoms with Crippen molar-refractivity contribution in [3.8, 4) is 0 Å². The van der Waals surface area contributed by atoms with E-state index in [9.17, 15) is 13.2 Å². The minimum absolute atomic E-state index is 0.0352. The van der Waals surface area contributed by atoms with Crippen LogP contribution in [0.25, 0.3) is 0 Å². The zero-order chi connectivity index (χ0) is 16.2. The number of nitrogens with one attached hydrogen (secondary N) is 3. The van der Waals surface area contributed by atoms with E-state index in [1.807, 2.05) is 6.92 Å². The van der Waals surface area contributed by atoms with E-state index in [1.165, 1.54) is 0 Å². The van der Waals surface area contributed by atoms with Crippen molar-refractivity contribution in [2.24, 2.45) is 0 Å². The molecule has 0 saturated carbocycles. The minimum atomic E-state index is -3.41. The molecule has 1 aliphatic heterocycles. The summed E-state index contributed by atoms with van der Waals surface area (Å²) >= 11 is 0. The second kappa shape index (κ2) is 7.11. The number of para-hydroxylation sites is 1. The quantitative estimate of drug-likeness (QED) is 0.762. The smallest absolute Gasteiger partial charge is 0.253 e. The van der Waals surface area contributed by atoms with Crippen molar-refractivity contribution in [1.29, 1.82) is 0 Å². The van der Waals surface area contributed by atoms with Gasteiger partial charge >= 0.3 is 0 Å². The maximum atomic E-state index is 12.5. The Balaban J connectivity index is 2.16. The lowest BCUT2D eigenvalue weighted by molar-refractivity contribution is 0.0921. The van der Waals surface area contributed by atoms with E-state index < -0.39 is 10.0 Å². The molecule has 122 valence electrons. The van der Waals surface area contributed by atoms with Crippen LogP contribution in [0, 0.1) is 0 Å². The highest BCUT2D eigenvalue weighted by molar-refractivity contribution is 7.92. The van der Waals surface area contributed by atoms with Gasteiger partial charge in [-0.15, -0.1) is 0 Å². The lowest BCUT2D eigenvalue weighted by Crippen LogP contribution is -2.52. The number of hydrogen-bond donors (Lipinski definition) is 3. The summed E-state index contributed by atoms with van der Waals surface area (Å²) in [4.78, 5) is 12.5. The van der Waals surface area contributed by atoms with E-state index in [0.29, 0.717) is 11.3 Å². The molecule has 1 amide bonds. The van der Waals surface area contributed by atoms with Crippen LogP contribution in [0.4, 0.5) is 5.69 Å². The Morgan fingerprint density at radius 2 is 2.09 bits per heavy atom. The summed E-state index contributed by atoms with van der Waals surface area (Å²) in [6.45, 7) is 4.55. The normalized spacial score (nSPS) is 22.1. The molecule has 1 aliphatic rings. The van der Waals surface area contributed by atoms with Crippen molar-refractivity contribution in [1.82, 2.24) is 10.6 Å². The number of anilines is 1. The van der Waals surface area contributed by atoms with Gasteiger partial charge in [0.05, 0.1) is 17.0 Å². The molecule has 1 aromatic carbocycles. The number of benzene rings is 1. The van der Waals surface area contributed by atoms with Gasteiger partial charge in [0.15, 0.2) is 0 Å². The van der Waals surface area contributed by atoms with Gasteiger partial charge in [-0.1, -0.05) is 12.1 Å². The fourth-order valence-electron chi connectivity index (χ4n) is 2.50. The molecule has 0 spiro atoms. The molecule has 2 atom stereocenters. The third-order valence-corrected chi connectivity index (χ3v) is 5.19. The molecule has 1 aromatic rings. The van der Waals surface area contributed by atoms with Crippen molar-refractivity contribution in [2.75, 3.05) is 17.0 Å². The zero-order valence-corrected chi connectivity index (χ0v) is 13.7. The number of rotatable bonds is 5. The fourth-order valence-corrected chi connectivity index (χ4v) is 3.15. The van der Waals surface area contributed by atoms with E-state index in [0.717, 1.165) is 19.4 Å². The van der Waals surface area contributed by atoms with Gasteiger partial charge < -0.3 is 10.6 Å². The molecular weight excluding hydrogens is 302 g/mol. The Kier molecular flexibility index (Phi) is 5.42. The maximum absolute atomic E-state index is 12.5. The summed E-state index contributed by atoms with van der Waals surface area (Å²) < 4.78 is 25.9. The zero-order valence-electron chi connectivity index (χ0n) is 12.9. The third kappa shape index (κ3) is 4.20. The van der Waals surface area contributed by atoms with Gasteiger partial charge in [-0.3, -0.25) is 9.52 Å². The Labute approximate surface area is 131 Å². The molecule has 3 N–H and O–H groups in total. The van der Waals surface area contributed by atoms with Gasteiger partial charge in [0.25, 0.3) is 5.91 Å². The Morgan fingerprint density at radius 1 is 1.36 bits per heavy atom. The van der Waals surface area contributed by atoms with Crippen LogP contribution in [0.15, 0.2) is 24.3 Å².